The molecule has 0 radical (unpaired) electrons. The van der Waals surface area contributed by atoms with Crippen LogP contribution in [0.1, 0.15) is 125 Å². The highest BCUT2D eigenvalue weighted by atomic mass is 15.1. The van der Waals surface area contributed by atoms with E-state index in [-0.39, 0.29) is 0 Å². The van der Waals surface area contributed by atoms with Crippen molar-refractivity contribution >= 4 is 0 Å². The molecule has 0 atom stereocenters. The highest BCUT2D eigenvalue weighted by Gasteiger charge is 2.15. The molecular formula is C23H49N. The van der Waals surface area contributed by atoms with Gasteiger partial charge in [0.2, 0.25) is 0 Å². The summed E-state index contributed by atoms with van der Waals surface area (Å²) in [5, 5.41) is 0. The van der Waals surface area contributed by atoms with Crippen LogP contribution in [-0.4, -0.2) is 24.5 Å². The Labute approximate surface area is 155 Å². The third-order valence-corrected chi connectivity index (χ3v) is 4.85. The second kappa shape index (κ2) is 16.4. The minimum absolute atomic E-state index is 0.433. The highest BCUT2D eigenvalue weighted by molar-refractivity contribution is 4.69. The summed E-state index contributed by atoms with van der Waals surface area (Å²) in [4.78, 5) is 2.75. The molecule has 1 heteroatoms. The van der Waals surface area contributed by atoms with Gasteiger partial charge in [0.25, 0.3) is 0 Å². The van der Waals surface area contributed by atoms with E-state index in [2.05, 4.69) is 39.5 Å². The Hall–Kier alpha value is -0.0400. The first kappa shape index (κ1) is 24.0. The van der Waals surface area contributed by atoms with Gasteiger partial charge in [0.1, 0.15) is 0 Å². The predicted octanol–water partition coefficient (Wildman–Crippen LogP) is 7.84. The summed E-state index contributed by atoms with van der Waals surface area (Å²) in [6.45, 7) is 15.7. The Kier molecular flexibility index (Phi) is 16.4. The van der Waals surface area contributed by atoms with Crippen LogP contribution >= 0.6 is 0 Å². The van der Waals surface area contributed by atoms with Crippen LogP contribution in [0.3, 0.4) is 0 Å². The largest absolute Gasteiger partial charge is 0.303 e. The topological polar surface area (TPSA) is 3.24 Å². The van der Waals surface area contributed by atoms with Crippen LogP contribution in [0.5, 0.6) is 0 Å². The number of rotatable bonds is 17. The van der Waals surface area contributed by atoms with E-state index >= 15 is 0 Å². The first-order valence-corrected chi connectivity index (χ1v) is 11.2. The van der Waals surface area contributed by atoms with E-state index in [0.29, 0.717) is 5.41 Å². The van der Waals surface area contributed by atoms with Gasteiger partial charge in [0.15, 0.2) is 0 Å². The van der Waals surface area contributed by atoms with Crippen LogP contribution in [0.2, 0.25) is 0 Å². The van der Waals surface area contributed by atoms with Crippen molar-refractivity contribution in [1.82, 2.24) is 4.90 Å². The summed E-state index contributed by atoms with van der Waals surface area (Å²) < 4.78 is 0. The quantitative estimate of drug-likeness (QED) is 0.244. The molecule has 0 fully saturated rings. The van der Waals surface area contributed by atoms with Gasteiger partial charge in [-0.2, -0.15) is 0 Å². The maximum atomic E-state index is 2.75. The van der Waals surface area contributed by atoms with Gasteiger partial charge < -0.3 is 4.90 Å². The number of hydrogen-bond donors (Lipinski definition) is 0. The summed E-state index contributed by atoms with van der Waals surface area (Å²) in [5.74, 6) is 0. The van der Waals surface area contributed by atoms with Crippen LogP contribution in [0, 0.1) is 5.41 Å². The molecular weight excluding hydrogens is 290 g/mol. The summed E-state index contributed by atoms with van der Waals surface area (Å²) in [6, 6.07) is 0. The molecule has 0 N–H and O–H groups in total. The number of unbranched alkanes of at least 4 members (excludes halogenated alkanes) is 12. The van der Waals surface area contributed by atoms with Gasteiger partial charge in [-0.25, -0.2) is 0 Å². The van der Waals surface area contributed by atoms with E-state index < -0.39 is 0 Å². The van der Waals surface area contributed by atoms with Gasteiger partial charge in [0, 0.05) is 6.54 Å². The third kappa shape index (κ3) is 18.3. The van der Waals surface area contributed by atoms with E-state index in [1.807, 2.05) is 0 Å². The molecule has 0 aromatic carbocycles. The molecule has 0 unspecified atom stereocenters. The fourth-order valence-electron chi connectivity index (χ4n) is 3.53. The van der Waals surface area contributed by atoms with E-state index in [1.54, 1.807) is 0 Å². The van der Waals surface area contributed by atoms with Gasteiger partial charge in [-0.05, 0) is 31.3 Å². The van der Waals surface area contributed by atoms with Crippen molar-refractivity contribution in [1.29, 1.82) is 0 Å². The van der Waals surface area contributed by atoms with Crippen molar-refractivity contribution in [3.05, 3.63) is 0 Å². The molecule has 1 nitrogen and oxygen atoms in total. The maximum Gasteiger partial charge on any atom is 0.00300 e. The Morgan fingerprint density at radius 1 is 0.500 bits per heavy atom. The molecule has 0 heterocycles. The van der Waals surface area contributed by atoms with Gasteiger partial charge >= 0.3 is 0 Å². The molecule has 0 aliphatic heterocycles. The van der Waals surface area contributed by atoms with Gasteiger partial charge in [-0.15, -0.1) is 0 Å². The van der Waals surface area contributed by atoms with Crippen molar-refractivity contribution in [2.45, 2.75) is 125 Å². The van der Waals surface area contributed by atoms with Crippen molar-refractivity contribution in [2.24, 2.45) is 5.41 Å². The third-order valence-electron chi connectivity index (χ3n) is 4.85. The Balaban J connectivity index is 3.77. The summed E-state index contributed by atoms with van der Waals surface area (Å²) in [5.41, 5.74) is 0.433. The first-order valence-electron chi connectivity index (χ1n) is 11.2. The van der Waals surface area contributed by atoms with Crippen molar-refractivity contribution < 1.29 is 0 Å². The normalized spacial score (nSPS) is 12.2. The summed E-state index contributed by atoms with van der Waals surface area (Å²) in [6.07, 6.45) is 19.9. The summed E-state index contributed by atoms with van der Waals surface area (Å²) in [7, 11) is 0. The molecule has 0 amide bonds. The smallest absolute Gasteiger partial charge is 0.00300 e. The predicted molar refractivity (Wildman–Crippen MR) is 112 cm³/mol. The van der Waals surface area contributed by atoms with Crippen LogP contribution in [0.4, 0.5) is 0 Å². The van der Waals surface area contributed by atoms with E-state index in [9.17, 15) is 0 Å². The van der Waals surface area contributed by atoms with Crippen LogP contribution < -0.4 is 0 Å². The summed E-state index contributed by atoms with van der Waals surface area (Å²) >= 11 is 0. The lowest BCUT2D eigenvalue weighted by Crippen LogP contribution is -2.34. The molecule has 0 bridgehead atoms. The molecule has 0 rings (SSSR count). The van der Waals surface area contributed by atoms with Crippen LogP contribution in [-0.2, 0) is 0 Å². The fraction of sp³-hybridized carbons (Fsp3) is 1.00. The second-order valence-electron chi connectivity index (χ2n) is 9.08. The first-order chi connectivity index (χ1) is 11.5. The molecule has 0 aliphatic rings. The van der Waals surface area contributed by atoms with Crippen LogP contribution in [0.15, 0.2) is 0 Å². The molecule has 0 aromatic heterocycles. The molecule has 24 heavy (non-hydrogen) atoms. The molecule has 0 aromatic rings. The van der Waals surface area contributed by atoms with Crippen molar-refractivity contribution in [2.75, 3.05) is 19.6 Å². The minimum atomic E-state index is 0.433. The molecule has 0 aliphatic carbocycles. The van der Waals surface area contributed by atoms with E-state index in [4.69, 9.17) is 0 Å². The average molecular weight is 340 g/mol. The highest BCUT2D eigenvalue weighted by Crippen LogP contribution is 2.17. The van der Waals surface area contributed by atoms with Gasteiger partial charge in [-0.1, -0.05) is 112 Å². The maximum absolute atomic E-state index is 2.75. The molecule has 146 valence electrons. The van der Waals surface area contributed by atoms with Crippen molar-refractivity contribution in [3.8, 4) is 0 Å². The van der Waals surface area contributed by atoms with Crippen molar-refractivity contribution in [3.63, 3.8) is 0 Å². The molecule has 0 spiro atoms. The number of hydrogen-bond acceptors (Lipinski definition) is 1. The Morgan fingerprint density at radius 2 is 0.833 bits per heavy atom. The zero-order chi connectivity index (χ0) is 18.1. The van der Waals surface area contributed by atoms with E-state index in [1.165, 1.54) is 110 Å². The monoisotopic (exact) mass is 339 g/mol. The van der Waals surface area contributed by atoms with Gasteiger partial charge in [-0.3, -0.25) is 0 Å². The Morgan fingerprint density at radius 3 is 1.17 bits per heavy atom. The lowest BCUT2D eigenvalue weighted by Gasteiger charge is -2.30. The van der Waals surface area contributed by atoms with Gasteiger partial charge in [0.05, 0.1) is 0 Å². The molecule has 0 saturated carbocycles. The lowest BCUT2D eigenvalue weighted by atomic mass is 9.95. The number of nitrogens with zero attached hydrogens (tertiary/aromatic N) is 1. The standard InChI is InChI=1S/C23H49N/c1-6-8-10-12-14-16-18-20-24(22-23(3,4)5)21-19-17-15-13-11-9-7-2/h6-22H2,1-5H3. The minimum Gasteiger partial charge on any atom is -0.303 e. The zero-order valence-electron chi connectivity index (χ0n) is 18.0. The zero-order valence-corrected chi connectivity index (χ0v) is 18.0. The Bertz CT molecular complexity index is 223. The second-order valence-corrected chi connectivity index (χ2v) is 9.08. The lowest BCUT2D eigenvalue weighted by molar-refractivity contribution is 0.184. The van der Waals surface area contributed by atoms with Crippen LogP contribution in [0.25, 0.3) is 0 Å². The SMILES string of the molecule is CCCCCCCCCN(CCCCCCCCC)CC(C)(C)C. The fourth-order valence-corrected chi connectivity index (χ4v) is 3.53. The average Bonchev–Trinajstić information content (AvgIpc) is 2.51. The molecule has 0 saturated heterocycles. The van der Waals surface area contributed by atoms with E-state index in [0.717, 1.165) is 0 Å².